The Kier molecular flexibility index (Phi) is 9.55. The van der Waals surface area contributed by atoms with Crippen molar-refractivity contribution in [3.63, 3.8) is 0 Å². The number of rotatable bonds is 2. The number of anilines is 3. The molecule has 3 heterocycles. The van der Waals surface area contributed by atoms with E-state index in [2.05, 4.69) is 27.1 Å². The molecule has 2 aromatic rings. The molecule has 29 heavy (non-hydrogen) atoms. The number of nitrogens with one attached hydrogen (secondary N) is 1. The average molecular weight is 488 g/mol. The van der Waals surface area contributed by atoms with Crippen LogP contribution >= 0.6 is 24.8 Å². The number of carbonyl (C=O) groups is 2. The number of carbonyl (C=O) groups excluding carboxylic acids is 2. The third-order valence-electron chi connectivity index (χ3n) is 4.84. The van der Waals surface area contributed by atoms with E-state index in [1.54, 1.807) is 41.4 Å². The molecule has 0 bridgehead atoms. The van der Waals surface area contributed by atoms with Crippen LogP contribution in [0.1, 0.15) is 10.4 Å². The van der Waals surface area contributed by atoms with E-state index in [4.69, 9.17) is 0 Å². The van der Waals surface area contributed by atoms with Crippen molar-refractivity contribution in [3.8, 4) is 0 Å². The zero-order valence-electron chi connectivity index (χ0n) is 15.8. The van der Waals surface area contributed by atoms with Gasteiger partial charge in [-0.3, -0.25) is 19.4 Å². The van der Waals surface area contributed by atoms with Crippen LogP contribution in [0.15, 0.2) is 42.6 Å². The van der Waals surface area contributed by atoms with Gasteiger partial charge in [-0.05, 0) is 31.3 Å². The minimum Gasteiger partial charge on any atom is -0.319 e. The molecule has 2 aliphatic rings. The molecule has 1 fully saturated rings. The summed E-state index contributed by atoms with van der Waals surface area (Å²) in [5.41, 5.74) is 1.58. The molecule has 0 unspecified atom stereocenters. The van der Waals surface area contributed by atoms with Gasteiger partial charge in [-0.1, -0.05) is 12.1 Å². The van der Waals surface area contributed by atoms with Crippen LogP contribution in [0.25, 0.3) is 0 Å². The smallest absolute Gasteiger partial charge is 0.257 e. The third kappa shape index (κ3) is 5.28. The molecule has 161 valence electrons. The van der Waals surface area contributed by atoms with E-state index >= 15 is 0 Å². The zero-order valence-corrected chi connectivity index (χ0v) is 18.4. The Morgan fingerprint density at radius 1 is 1.07 bits per heavy atom. The van der Waals surface area contributed by atoms with Crippen molar-refractivity contribution in [1.82, 2.24) is 14.8 Å². The van der Waals surface area contributed by atoms with Crippen LogP contribution in [0.2, 0.25) is 0 Å². The van der Waals surface area contributed by atoms with Crippen molar-refractivity contribution in [1.29, 1.82) is 0 Å². The second kappa shape index (κ2) is 10.9. The summed E-state index contributed by atoms with van der Waals surface area (Å²) in [5.74, 6) is 0.146. The van der Waals surface area contributed by atoms with Crippen LogP contribution in [0.4, 0.5) is 17.2 Å². The molecule has 0 saturated carbocycles. The fraction of sp³-hybridized carbons (Fsp3) is 0.316. The fourth-order valence-corrected chi connectivity index (χ4v) is 3.36. The van der Waals surface area contributed by atoms with Gasteiger partial charge >= 0.3 is 0 Å². The Balaban J connectivity index is 0.00000140. The maximum absolute atomic E-state index is 13.2. The monoisotopic (exact) mass is 486 g/mol. The number of aromatic nitrogens is 1. The number of nitrogens with zero attached hydrogens (tertiary/aromatic N) is 4. The summed E-state index contributed by atoms with van der Waals surface area (Å²) in [6, 6.07) is 10.7. The second-order valence-corrected chi connectivity index (χ2v) is 6.65. The van der Waals surface area contributed by atoms with Crippen LogP contribution in [0.5, 0.6) is 0 Å². The van der Waals surface area contributed by atoms with Crippen LogP contribution in [0.3, 0.4) is 0 Å². The first-order valence-corrected chi connectivity index (χ1v) is 8.73. The molecular weight excluding hydrogens is 465 g/mol. The number of pyridine rings is 1. The largest absolute Gasteiger partial charge is 0.319 e. The molecular formula is C19H23Cl2CuN5O2. The Hall–Kier alpha value is -1.67. The third-order valence-corrected chi connectivity index (χ3v) is 4.84. The number of hydrogen-bond acceptors (Lipinski definition) is 5. The molecule has 7 nitrogen and oxygen atoms in total. The topological polar surface area (TPSA) is 68.8 Å². The summed E-state index contributed by atoms with van der Waals surface area (Å²) in [4.78, 5) is 36.1. The van der Waals surface area contributed by atoms with E-state index in [0.29, 0.717) is 29.3 Å². The molecule has 1 N–H and O–H groups in total. The Morgan fingerprint density at radius 3 is 2.48 bits per heavy atom. The maximum Gasteiger partial charge on any atom is 0.257 e. The van der Waals surface area contributed by atoms with Crippen molar-refractivity contribution in [2.75, 3.05) is 50.0 Å². The van der Waals surface area contributed by atoms with Crippen LogP contribution in [-0.2, 0) is 21.9 Å². The molecule has 0 spiro atoms. The van der Waals surface area contributed by atoms with Gasteiger partial charge in [0.05, 0.1) is 23.5 Å². The predicted molar refractivity (Wildman–Crippen MR) is 114 cm³/mol. The average Bonchev–Trinajstić information content (AvgIpc) is 2.77. The molecule has 1 aromatic carbocycles. The number of fused-ring (bicyclic) bond motifs is 2. The van der Waals surface area contributed by atoms with Crippen LogP contribution in [0, 0.1) is 0 Å². The predicted octanol–water partition coefficient (Wildman–Crippen LogP) is 2.40. The van der Waals surface area contributed by atoms with Gasteiger partial charge in [0.15, 0.2) is 5.82 Å². The summed E-state index contributed by atoms with van der Waals surface area (Å²) < 4.78 is 0. The Bertz CT molecular complexity index is 862. The van der Waals surface area contributed by atoms with Crippen molar-refractivity contribution in [3.05, 3.63) is 48.2 Å². The summed E-state index contributed by atoms with van der Waals surface area (Å²) in [5, 5.41) is 2.86. The molecule has 1 saturated heterocycles. The van der Waals surface area contributed by atoms with E-state index in [-0.39, 0.29) is 53.7 Å². The van der Waals surface area contributed by atoms with Crippen molar-refractivity contribution >= 4 is 53.8 Å². The quantitative estimate of drug-likeness (QED) is 0.659. The van der Waals surface area contributed by atoms with Crippen LogP contribution < -0.4 is 10.2 Å². The van der Waals surface area contributed by atoms with Gasteiger partial charge in [0.1, 0.15) is 0 Å². The zero-order chi connectivity index (χ0) is 18.1. The fourth-order valence-electron chi connectivity index (χ4n) is 3.36. The first-order chi connectivity index (χ1) is 12.6. The molecule has 4 rings (SSSR count). The molecule has 2 amide bonds. The number of piperazine rings is 1. The molecule has 0 aliphatic carbocycles. The van der Waals surface area contributed by atoms with Crippen molar-refractivity contribution in [2.45, 2.75) is 0 Å². The Morgan fingerprint density at radius 2 is 1.76 bits per heavy atom. The van der Waals surface area contributed by atoms with E-state index < -0.39 is 0 Å². The van der Waals surface area contributed by atoms with Crippen LogP contribution in [-0.4, -0.2) is 66.4 Å². The Labute approximate surface area is 193 Å². The number of likely N-dealkylation sites (N-methyl/N-ethyl adjacent to an activating group) is 1. The van der Waals surface area contributed by atoms with E-state index in [9.17, 15) is 9.59 Å². The SMILES string of the molecule is CN1CCN(CC(=O)N2c3ccccc3C(=O)Nc3cccnc32)CC1.Cl.Cl.[Cu]. The second-order valence-electron chi connectivity index (χ2n) is 6.65. The molecule has 10 heteroatoms. The van der Waals surface area contributed by atoms with Gasteiger partial charge in [0.2, 0.25) is 5.91 Å². The van der Waals surface area contributed by atoms with Crippen molar-refractivity contribution in [2.24, 2.45) is 0 Å². The van der Waals surface area contributed by atoms with E-state index in [1.807, 2.05) is 6.07 Å². The van der Waals surface area contributed by atoms with Gasteiger partial charge < -0.3 is 10.2 Å². The minimum absolute atomic E-state index is 0. The number of amides is 2. The van der Waals surface area contributed by atoms with Gasteiger partial charge in [-0.25, -0.2) is 4.98 Å². The number of halogens is 2. The summed E-state index contributed by atoms with van der Waals surface area (Å²) in [6.07, 6.45) is 1.63. The molecule has 1 aromatic heterocycles. The van der Waals surface area contributed by atoms with Gasteiger partial charge in [0.25, 0.3) is 5.91 Å². The molecule has 1 radical (unpaired) electrons. The number of hydrogen-bond donors (Lipinski definition) is 1. The summed E-state index contributed by atoms with van der Waals surface area (Å²) in [7, 11) is 2.08. The van der Waals surface area contributed by atoms with Gasteiger partial charge in [0, 0.05) is 49.4 Å². The number of para-hydroxylation sites is 1. The molecule has 2 aliphatic heterocycles. The van der Waals surface area contributed by atoms with Crippen molar-refractivity contribution < 1.29 is 26.7 Å². The van der Waals surface area contributed by atoms with E-state index in [0.717, 1.165) is 26.2 Å². The minimum atomic E-state index is -0.232. The normalized spacial score (nSPS) is 16.0. The summed E-state index contributed by atoms with van der Waals surface area (Å²) in [6.45, 7) is 3.89. The van der Waals surface area contributed by atoms with Gasteiger partial charge in [-0.15, -0.1) is 24.8 Å². The standard InChI is InChI=1S/C19H21N5O2.2ClH.Cu/c1-22-9-11-23(12-10-22)13-17(25)24-16-7-3-2-5-14(16)19(26)21-15-6-4-8-20-18(15)24;;;/h2-8H,9-13H2,1H3,(H,21,26);2*1H;. The first kappa shape index (κ1) is 25.4. The maximum atomic E-state index is 13.2. The molecule has 0 atom stereocenters. The summed E-state index contributed by atoms with van der Waals surface area (Å²) >= 11 is 0. The van der Waals surface area contributed by atoms with Gasteiger partial charge in [-0.2, -0.15) is 0 Å². The first-order valence-electron chi connectivity index (χ1n) is 8.73. The number of benzene rings is 1. The van der Waals surface area contributed by atoms with E-state index in [1.165, 1.54) is 0 Å².